The van der Waals surface area contributed by atoms with Gasteiger partial charge in [0, 0.05) is 42.5 Å². The van der Waals surface area contributed by atoms with Gasteiger partial charge in [0.1, 0.15) is 0 Å². The van der Waals surface area contributed by atoms with Crippen LogP contribution in [0.5, 0.6) is 0 Å². The summed E-state index contributed by atoms with van der Waals surface area (Å²) in [6.07, 6.45) is 6.87. The first kappa shape index (κ1) is 33.8. The number of thiophene rings is 1. The quantitative estimate of drug-likeness (QED) is 0.164. The molecule has 0 saturated carbocycles. The maximum Gasteiger partial charge on any atom is 0.0539 e. The van der Waals surface area contributed by atoms with Gasteiger partial charge in [0.25, 0.3) is 0 Å². The van der Waals surface area contributed by atoms with E-state index in [1.54, 1.807) is 0 Å². The van der Waals surface area contributed by atoms with E-state index in [2.05, 4.69) is 207 Å². The maximum absolute atomic E-state index is 2.55. The lowest BCUT2D eigenvalue weighted by atomic mass is 9.80. The lowest BCUT2D eigenvalue weighted by Gasteiger charge is -2.30. The van der Waals surface area contributed by atoms with Gasteiger partial charge in [0.15, 0.2) is 0 Å². The molecule has 0 amide bonds. The van der Waals surface area contributed by atoms with Gasteiger partial charge in [-0.25, -0.2) is 0 Å². The Bertz CT molecular complexity index is 3030. The second-order valence-corrected chi connectivity index (χ2v) is 17.1. The van der Waals surface area contributed by atoms with E-state index in [9.17, 15) is 0 Å². The fraction of sp³-hybridized carbons (Fsp3) is 0.0909. The van der Waals surface area contributed by atoms with Crippen LogP contribution in [-0.2, 0) is 5.41 Å². The standard InChI is InChI=1S/C55H41NS/c1-55(2)47-26-11-9-23-45(47)53-48(55)27-15-28-49(53)56(43-34-40(36-16-5-3-6-17-36)32-41(35-43)37-18-7-4-8-19-37)42-22-13-21-39(33-42)44-25-14-20-38-30-31-51-54(52(38)44)46-24-10-12-29-50(46)57-51/h3-8,10-22,24-35H,9,23H2,1-2H3. The molecular weight excluding hydrogens is 707 g/mol. The van der Waals surface area contributed by atoms with E-state index in [1.807, 2.05) is 11.3 Å². The van der Waals surface area contributed by atoms with Crippen LogP contribution in [0, 0.1) is 0 Å². The van der Waals surface area contributed by atoms with Crippen LogP contribution in [0.25, 0.3) is 69.9 Å². The average Bonchev–Trinajstić information content (AvgIpc) is 3.77. The smallest absolute Gasteiger partial charge is 0.0539 e. The first-order valence-corrected chi connectivity index (χ1v) is 20.9. The van der Waals surface area contributed by atoms with Crippen LogP contribution in [-0.4, -0.2) is 0 Å². The number of anilines is 3. The van der Waals surface area contributed by atoms with Crippen molar-refractivity contribution in [3.63, 3.8) is 0 Å². The van der Waals surface area contributed by atoms with Crippen LogP contribution in [0.1, 0.15) is 37.8 Å². The van der Waals surface area contributed by atoms with Crippen molar-refractivity contribution in [2.75, 3.05) is 4.90 Å². The highest BCUT2D eigenvalue weighted by Gasteiger charge is 2.39. The molecule has 11 rings (SSSR count). The summed E-state index contributed by atoms with van der Waals surface area (Å²) in [5, 5.41) is 5.26. The summed E-state index contributed by atoms with van der Waals surface area (Å²) in [6, 6.07) is 65.3. The second-order valence-electron chi connectivity index (χ2n) is 16.0. The van der Waals surface area contributed by atoms with Crippen LogP contribution in [0.3, 0.4) is 0 Å². The van der Waals surface area contributed by atoms with Crippen molar-refractivity contribution < 1.29 is 0 Å². The Kier molecular flexibility index (Phi) is 7.91. The Morgan fingerprint density at radius 2 is 1.21 bits per heavy atom. The molecule has 57 heavy (non-hydrogen) atoms. The second kappa shape index (κ2) is 13.3. The molecule has 8 aromatic carbocycles. The van der Waals surface area contributed by atoms with Gasteiger partial charge in [-0.3, -0.25) is 0 Å². The number of fused-ring (bicyclic) bond motifs is 7. The summed E-state index contributed by atoms with van der Waals surface area (Å²) in [4.78, 5) is 2.55. The number of rotatable bonds is 6. The van der Waals surface area contributed by atoms with Gasteiger partial charge in [-0.1, -0.05) is 153 Å². The first-order valence-electron chi connectivity index (χ1n) is 20.1. The van der Waals surface area contributed by atoms with E-state index >= 15 is 0 Å². The molecule has 0 aliphatic heterocycles. The number of benzene rings is 8. The summed E-state index contributed by atoms with van der Waals surface area (Å²) in [5.74, 6) is 0. The van der Waals surface area contributed by atoms with E-state index in [4.69, 9.17) is 0 Å². The highest BCUT2D eigenvalue weighted by atomic mass is 32.1. The molecule has 272 valence electrons. The third kappa shape index (κ3) is 5.51. The minimum Gasteiger partial charge on any atom is -0.310 e. The van der Waals surface area contributed by atoms with Crippen LogP contribution in [0.4, 0.5) is 17.1 Å². The van der Waals surface area contributed by atoms with Crippen molar-refractivity contribution in [3.05, 3.63) is 205 Å². The molecule has 0 radical (unpaired) electrons. The normalized spacial score (nSPS) is 14.4. The Hall–Kier alpha value is -6.48. The number of hydrogen-bond acceptors (Lipinski definition) is 2. The van der Waals surface area contributed by atoms with E-state index in [-0.39, 0.29) is 5.41 Å². The molecule has 0 N–H and O–H groups in total. The zero-order valence-electron chi connectivity index (χ0n) is 32.2. The van der Waals surface area contributed by atoms with E-state index in [0.717, 1.165) is 24.2 Å². The minimum atomic E-state index is -0.0795. The molecule has 2 aliphatic rings. The zero-order valence-corrected chi connectivity index (χ0v) is 33.0. The zero-order chi connectivity index (χ0) is 38.1. The van der Waals surface area contributed by atoms with Crippen LogP contribution >= 0.6 is 11.3 Å². The van der Waals surface area contributed by atoms with E-state index < -0.39 is 0 Å². The molecule has 1 nitrogen and oxygen atoms in total. The maximum atomic E-state index is 2.55. The predicted molar refractivity (Wildman–Crippen MR) is 246 cm³/mol. The Morgan fingerprint density at radius 3 is 2.00 bits per heavy atom. The summed E-state index contributed by atoms with van der Waals surface area (Å²) >= 11 is 1.88. The van der Waals surface area contributed by atoms with Crippen LogP contribution in [0.15, 0.2) is 194 Å². The van der Waals surface area contributed by atoms with E-state index in [0.29, 0.717) is 0 Å². The lowest BCUT2D eigenvalue weighted by molar-refractivity contribution is 0.651. The molecule has 9 aromatic rings. The van der Waals surface area contributed by atoms with Crippen LogP contribution < -0.4 is 4.90 Å². The summed E-state index contributed by atoms with van der Waals surface area (Å²) in [7, 11) is 0. The Morgan fingerprint density at radius 1 is 0.526 bits per heavy atom. The van der Waals surface area contributed by atoms with Gasteiger partial charge in [0.2, 0.25) is 0 Å². The topological polar surface area (TPSA) is 3.24 Å². The lowest BCUT2D eigenvalue weighted by Crippen LogP contribution is -2.17. The van der Waals surface area contributed by atoms with Gasteiger partial charge in [-0.2, -0.15) is 0 Å². The molecule has 0 atom stereocenters. The predicted octanol–water partition coefficient (Wildman–Crippen LogP) is 16.1. The van der Waals surface area contributed by atoms with Gasteiger partial charge in [0.05, 0.1) is 5.69 Å². The molecule has 1 aromatic heterocycles. The fourth-order valence-corrected chi connectivity index (χ4v) is 10.7. The van der Waals surface area contributed by atoms with Gasteiger partial charge < -0.3 is 4.90 Å². The average molecular weight is 748 g/mol. The van der Waals surface area contributed by atoms with Crippen molar-refractivity contribution in [3.8, 4) is 33.4 Å². The SMILES string of the molecule is CC1(C)C2=C(CCC=C2)c2c(N(c3cc(-c4ccccc4)cc(-c4ccccc4)c3)c3cccc(-c4cccc5ccc6sc7ccccc7c6c45)c3)cccc21. The molecule has 0 saturated heterocycles. The van der Waals surface area contributed by atoms with Gasteiger partial charge in [-0.05, 0) is 122 Å². The van der Waals surface area contributed by atoms with Gasteiger partial charge in [-0.15, -0.1) is 11.3 Å². The number of allylic oxidation sites excluding steroid dienone is 4. The largest absolute Gasteiger partial charge is 0.310 e. The number of hydrogen-bond donors (Lipinski definition) is 0. The Balaban J connectivity index is 1.19. The first-order chi connectivity index (χ1) is 28.0. The van der Waals surface area contributed by atoms with Crippen molar-refractivity contribution in [2.24, 2.45) is 0 Å². The number of nitrogens with zero attached hydrogens (tertiary/aromatic N) is 1. The molecule has 2 aliphatic carbocycles. The van der Waals surface area contributed by atoms with Crippen molar-refractivity contribution >= 4 is 64.9 Å². The van der Waals surface area contributed by atoms with Crippen molar-refractivity contribution in [1.82, 2.24) is 0 Å². The highest BCUT2D eigenvalue weighted by molar-refractivity contribution is 7.26. The molecule has 1 heterocycles. The summed E-state index contributed by atoms with van der Waals surface area (Å²) < 4.78 is 2.66. The van der Waals surface area contributed by atoms with Crippen LogP contribution in [0.2, 0.25) is 0 Å². The minimum absolute atomic E-state index is 0.0795. The molecular formula is C55H41NS. The fourth-order valence-electron chi connectivity index (χ4n) is 9.63. The molecule has 0 fully saturated rings. The summed E-state index contributed by atoms with van der Waals surface area (Å²) in [5.41, 5.74) is 16.4. The van der Waals surface area contributed by atoms with E-state index in [1.165, 1.54) is 92.3 Å². The molecule has 0 unspecified atom stereocenters. The molecule has 0 bridgehead atoms. The Labute approximate surface area is 338 Å². The third-order valence-electron chi connectivity index (χ3n) is 12.3. The molecule has 2 heteroatoms. The monoisotopic (exact) mass is 747 g/mol. The van der Waals surface area contributed by atoms with Crippen molar-refractivity contribution in [1.29, 1.82) is 0 Å². The summed E-state index contributed by atoms with van der Waals surface area (Å²) in [6.45, 7) is 4.80. The van der Waals surface area contributed by atoms with Crippen molar-refractivity contribution in [2.45, 2.75) is 32.1 Å². The molecule has 0 spiro atoms. The highest BCUT2D eigenvalue weighted by Crippen LogP contribution is 2.55. The third-order valence-corrected chi connectivity index (χ3v) is 13.4. The van der Waals surface area contributed by atoms with Gasteiger partial charge >= 0.3 is 0 Å².